The highest BCUT2D eigenvalue weighted by atomic mass is 35.5. The van der Waals surface area contributed by atoms with Gasteiger partial charge in [-0.3, -0.25) is 14.6 Å². The molecule has 10 heteroatoms. The van der Waals surface area contributed by atoms with E-state index in [4.69, 9.17) is 22.8 Å². The van der Waals surface area contributed by atoms with Gasteiger partial charge in [-0.15, -0.1) is 18.2 Å². The van der Waals surface area contributed by atoms with Gasteiger partial charge in [0.05, 0.1) is 30.1 Å². The Morgan fingerprint density at radius 3 is 2.67 bits per heavy atom. The number of nitrogens with zero attached hydrogens (tertiary/aromatic N) is 2. The van der Waals surface area contributed by atoms with E-state index in [1.807, 2.05) is 0 Å². The molecule has 36 heavy (non-hydrogen) atoms. The Hall–Kier alpha value is -3.35. The predicted molar refractivity (Wildman–Crippen MR) is 135 cm³/mol. The molecule has 1 amide bonds. The zero-order valence-electron chi connectivity index (χ0n) is 19.6. The molecule has 1 aromatic carbocycles. The normalized spacial score (nSPS) is 13.1. The predicted octanol–water partition coefficient (Wildman–Crippen LogP) is 4.72. The number of thioether (sulfide) groups is 1. The summed E-state index contributed by atoms with van der Waals surface area (Å²) in [7, 11) is 1.26. The van der Waals surface area contributed by atoms with Gasteiger partial charge < -0.3 is 14.4 Å². The number of aromatic nitrogens is 1. The van der Waals surface area contributed by atoms with Crippen molar-refractivity contribution < 1.29 is 28.2 Å². The Morgan fingerprint density at radius 2 is 2.00 bits per heavy atom. The van der Waals surface area contributed by atoms with Crippen LogP contribution in [0.2, 0.25) is 5.02 Å². The number of hydrogen-bond acceptors (Lipinski definition) is 7. The lowest BCUT2D eigenvalue weighted by atomic mass is 9.90. The standard InChI is InChI=1S/C26H24ClFN2O5S/c1-3-11-35-26(33)19-9-5-4-8-18(19)25(32)30(15-17-7-6-10-29-14-17)22-13-23(20(27)12-21(22)28)36-16-24(31)34-2/h1,6-7,10,12-14H,4-5,8-9,11,15-16H2,2H3. The molecule has 1 aliphatic carbocycles. The number of hydrogen-bond donors (Lipinski definition) is 0. The van der Waals surface area contributed by atoms with Crippen LogP contribution in [0.3, 0.4) is 0 Å². The number of esters is 2. The SMILES string of the molecule is C#CCOC(=O)C1=C(C(=O)N(Cc2cccnc2)c2cc(SCC(=O)OC)c(Cl)cc2F)CCCC1. The number of terminal acetylenes is 1. The molecule has 0 saturated carbocycles. The van der Waals surface area contributed by atoms with E-state index in [1.54, 1.807) is 24.5 Å². The zero-order chi connectivity index (χ0) is 26.1. The lowest BCUT2D eigenvalue weighted by Crippen LogP contribution is -2.34. The molecule has 0 atom stereocenters. The lowest BCUT2D eigenvalue weighted by molar-refractivity contribution is -0.138. The van der Waals surface area contributed by atoms with Gasteiger partial charge in [-0.25, -0.2) is 9.18 Å². The van der Waals surface area contributed by atoms with Crippen molar-refractivity contribution in [3.8, 4) is 12.3 Å². The molecule has 2 aromatic rings. The summed E-state index contributed by atoms with van der Waals surface area (Å²) in [5, 5.41) is 0.0920. The molecule has 0 bridgehead atoms. The van der Waals surface area contributed by atoms with Crippen molar-refractivity contribution >= 4 is 46.9 Å². The molecule has 0 radical (unpaired) electrons. The van der Waals surface area contributed by atoms with E-state index in [0.717, 1.165) is 17.8 Å². The minimum atomic E-state index is -0.729. The monoisotopic (exact) mass is 530 g/mol. The van der Waals surface area contributed by atoms with Crippen LogP contribution in [0.15, 0.2) is 52.7 Å². The van der Waals surface area contributed by atoms with Gasteiger partial charge in [0.15, 0.2) is 6.61 Å². The first kappa shape index (κ1) is 27.2. The first-order valence-electron chi connectivity index (χ1n) is 11.1. The highest BCUT2D eigenvalue weighted by Crippen LogP contribution is 2.36. The summed E-state index contributed by atoms with van der Waals surface area (Å²) in [5.41, 5.74) is 1.10. The maximum absolute atomic E-state index is 15.3. The van der Waals surface area contributed by atoms with E-state index < -0.39 is 23.7 Å². The molecule has 1 aliphatic rings. The van der Waals surface area contributed by atoms with Crippen molar-refractivity contribution in [1.29, 1.82) is 0 Å². The van der Waals surface area contributed by atoms with Crippen LogP contribution in [-0.4, -0.2) is 42.3 Å². The average Bonchev–Trinajstić information content (AvgIpc) is 2.90. The number of amides is 1. The number of rotatable bonds is 9. The van der Waals surface area contributed by atoms with Crippen LogP contribution >= 0.6 is 23.4 Å². The van der Waals surface area contributed by atoms with Crippen molar-refractivity contribution in [1.82, 2.24) is 4.98 Å². The van der Waals surface area contributed by atoms with Gasteiger partial charge >= 0.3 is 11.9 Å². The first-order valence-corrected chi connectivity index (χ1v) is 12.4. The van der Waals surface area contributed by atoms with Gasteiger partial charge in [0.25, 0.3) is 5.91 Å². The Morgan fingerprint density at radius 1 is 1.25 bits per heavy atom. The third-order valence-corrected chi connectivity index (χ3v) is 6.89. The number of halogens is 2. The maximum atomic E-state index is 15.3. The first-order chi connectivity index (χ1) is 17.3. The molecule has 0 fully saturated rings. The quantitative estimate of drug-likeness (QED) is 0.263. The van der Waals surface area contributed by atoms with E-state index in [9.17, 15) is 14.4 Å². The molecule has 1 heterocycles. The minimum Gasteiger partial charge on any atom is -0.468 e. The Kier molecular flexibility index (Phi) is 9.91. The third-order valence-electron chi connectivity index (χ3n) is 5.43. The fourth-order valence-corrected chi connectivity index (χ4v) is 4.79. The summed E-state index contributed by atoms with van der Waals surface area (Å²) in [6.07, 6.45) is 10.4. The van der Waals surface area contributed by atoms with Crippen LogP contribution in [0.4, 0.5) is 10.1 Å². The Bertz CT molecular complexity index is 1210. The van der Waals surface area contributed by atoms with Gasteiger partial charge in [-0.2, -0.15) is 0 Å². The highest BCUT2D eigenvalue weighted by Gasteiger charge is 2.30. The van der Waals surface area contributed by atoms with Crippen molar-refractivity contribution in [2.45, 2.75) is 37.1 Å². The average molecular weight is 531 g/mol. The summed E-state index contributed by atoms with van der Waals surface area (Å²) < 4.78 is 25.0. The minimum absolute atomic E-state index is 0.0114. The van der Waals surface area contributed by atoms with Crippen LogP contribution in [0.1, 0.15) is 31.2 Å². The van der Waals surface area contributed by atoms with Crippen molar-refractivity contribution in [3.63, 3.8) is 0 Å². The van der Waals surface area contributed by atoms with Crippen LogP contribution < -0.4 is 4.90 Å². The molecule has 3 rings (SSSR count). The van der Waals surface area contributed by atoms with Crippen molar-refractivity contribution in [3.05, 3.63) is 64.2 Å². The van der Waals surface area contributed by atoms with Gasteiger partial charge in [0.2, 0.25) is 0 Å². The second-order valence-corrected chi connectivity index (χ2v) is 9.22. The number of carbonyl (C=O) groups excluding carboxylic acids is 3. The largest absolute Gasteiger partial charge is 0.468 e. The number of methoxy groups -OCH3 is 1. The van der Waals surface area contributed by atoms with Crippen molar-refractivity contribution in [2.24, 2.45) is 0 Å². The molecular weight excluding hydrogens is 507 g/mol. The number of anilines is 1. The van der Waals surface area contributed by atoms with Crippen molar-refractivity contribution in [2.75, 3.05) is 24.4 Å². The van der Waals surface area contributed by atoms with Gasteiger partial charge in [-0.05, 0) is 49.4 Å². The summed E-state index contributed by atoms with van der Waals surface area (Å²) in [4.78, 5) is 43.9. The molecule has 188 valence electrons. The molecule has 7 nitrogen and oxygen atoms in total. The van der Waals surface area contributed by atoms with Crippen LogP contribution in [0.25, 0.3) is 0 Å². The molecule has 1 aromatic heterocycles. The number of pyridine rings is 1. The van der Waals surface area contributed by atoms with E-state index >= 15 is 4.39 Å². The van der Waals surface area contributed by atoms with Gasteiger partial charge in [0, 0.05) is 28.4 Å². The number of carbonyl (C=O) groups is 3. The Balaban J connectivity index is 2.07. The second kappa shape index (κ2) is 13.1. The van der Waals surface area contributed by atoms with Crippen LogP contribution in [-0.2, 0) is 30.4 Å². The second-order valence-electron chi connectivity index (χ2n) is 7.80. The summed E-state index contributed by atoms with van der Waals surface area (Å²) >= 11 is 7.28. The fourth-order valence-electron chi connectivity index (χ4n) is 3.70. The van der Waals surface area contributed by atoms with E-state index in [1.165, 1.54) is 18.1 Å². The fraction of sp³-hybridized carbons (Fsp3) is 0.308. The number of ether oxygens (including phenoxy) is 2. The van der Waals surface area contributed by atoms with Crippen LogP contribution in [0.5, 0.6) is 0 Å². The topological polar surface area (TPSA) is 85.8 Å². The molecule has 0 unspecified atom stereocenters. The summed E-state index contributed by atoms with van der Waals surface area (Å²) in [5.74, 6) is -0.196. The Labute approximate surface area is 218 Å². The molecular formula is C26H24ClFN2O5S. The zero-order valence-corrected chi connectivity index (χ0v) is 21.2. The van der Waals surface area contributed by atoms with Gasteiger partial charge in [0.1, 0.15) is 5.82 Å². The molecule has 0 saturated heterocycles. The van der Waals surface area contributed by atoms with E-state index in [2.05, 4.69) is 15.6 Å². The number of benzene rings is 1. The lowest BCUT2D eigenvalue weighted by Gasteiger charge is -2.28. The van der Waals surface area contributed by atoms with E-state index in [-0.39, 0.29) is 40.8 Å². The third kappa shape index (κ3) is 6.86. The van der Waals surface area contributed by atoms with E-state index in [0.29, 0.717) is 36.1 Å². The molecule has 0 N–H and O–H groups in total. The smallest absolute Gasteiger partial charge is 0.335 e. The summed E-state index contributed by atoms with van der Waals surface area (Å²) in [6, 6.07) is 5.97. The van der Waals surface area contributed by atoms with Gasteiger partial charge in [-0.1, -0.05) is 23.6 Å². The molecule has 0 spiro atoms. The molecule has 0 aliphatic heterocycles. The highest BCUT2D eigenvalue weighted by molar-refractivity contribution is 8.00. The summed E-state index contributed by atoms with van der Waals surface area (Å²) in [6.45, 7) is -0.224. The maximum Gasteiger partial charge on any atom is 0.335 e. The van der Waals surface area contributed by atoms with Crippen LogP contribution in [0, 0.1) is 18.2 Å².